The number of likely N-dealkylation sites (tertiary alicyclic amines) is 1. The van der Waals surface area contributed by atoms with Crippen molar-refractivity contribution in [3.63, 3.8) is 0 Å². The van der Waals surface area contributed by atoms with Gasteiger partial charge in [0.15, 0.2) is 0 Å². The van der Waals surface area contributed by atoms with Gasteiger partial charge in [-0.3, -0.25) is 9.59 Å². The Morgan fingerprint density at radius 2 is 1.78 bits per heavy atom. The minimum Gasteiger partial charge on any atom is -0.352 e. The van der Waals surface area contributed by atoms with Gasteiger partial charge in [0.25, 0.3) is 5.91 Å². The summed E-state index contributed by atoms with van der Waals surface area (Å²) in [5.74, 6) is 0.107. The first kappa shape index (κ1) is 19.4. The molecule has 3 N–H and O–H groups in total. The molecule has 1 saturated heterocycles. The second-order valence-corrected chi connectivity index (χ2v) is 7.28. The molecule has 0 bridgehead atoms. The number of rotatable bonds is 6. The lowest BCUT2D eigenvalue weighted by molar-refractivity contribution is -0.130. The van der Waals surface area contributed by atoms with Crippen LogP contribution in [0.4, 0.5) is 0 Å². The van der Waals surface area contributed by atoms with E-state index in [1.54, 1.807) is 24.3 Å². The van der Waals surface area contributed by atoms with Crippen LogP contribution in [-0.2, 0) is 4.79 Å². The van der Waals surface area contributed by atoms with Gasteiger partial charge in [0.1, 0.15) is 0 Å². The van der Waals surface area contributed by atoms with E-state index >= 15 is 0 Å². The van der Waals surface area contributed by atoms with Gasteiger partial charge in [0.2, 0.25) is 5.91 Å². The SMILES string of the molecule is N[C@@H]1CN(C(=O)CCCNC(=O)c2ccc(Cl)cc2)C[C@H]1c1ccccc1. The van der Waals surface area contributed by atoms with Gasteiger partial charge in [-0.25, -0.2) is 0 Å². The lowest BCUT2D eigenvalue weighted by Crippen LogP contribution is -2.32. The molecule has 1 fully saturated rings. The average Bonchev–Trinajstić information content (AvgIpc) is 3.08. The Hall–Kier alpha value is -2.37. The number of amides is 2. The van der Waals surface area contributed by atoms with Crippen LogP contribution in [0.15, 0.2) is 54.6 Å². The van der Waals surface area contributed by atoms with Crippen molar-refractivity contribution >= 4 is 23.4 Å². The van der Waals surface area contributed by atoms with Crippen LogP contribution in [0.1, 0.15) is 34.7 Å². The Labute approximate surface area is 164 Å². The summed E-state index contributed by atoms with van der Waals surface area (Å²) in [7, 11) is 0. The lowest BCUT2D eigenvalue weighted by Gasteiger charge is -2.16. The second-order valence-electron chi connectivity index (χ2n) is 6.85. The molecule has 0 unspecified atom stereocenters. The highest BCUT2D eigenvalue weighted by molar-refractivity contribution is 6.30. The molecule has 3 rings (SSSR count). The van der Waals surface area contributed by atoms with Crippen molar-refractivity contribution in [2.24, 2.45) is 5.73 Å². The standard InChI is InChI=1S/C21H24ClN3O2/c22-17-10-8-16(9-11-17)21(27)24-12-4-7-20(26)25-13-18(19(23)14-25)15-5-2-1-3-6-15/h1-3,5-6,8-11,18-19H,4,7,12-14,23H2,(H,24,27)/t18-,19+/m0/s1. The lowest BCUT2D eigenvalue weighted by atomic mass is 9.95. The summed E-state index contributed by atoms with van der Waals surface area (Å²) in [4.78, 5) is 26.3. The number of nitrogens with one attached hydrogen (secondary N) is 1. The van der Waals surface area contributed by atoms with E-state index < -0.39 is 0 Å². The van der Waals surface area contributed by atoms with Crippen LogP contribution in [0, 0.1) is 0 Å². The number of carbonyl (C=O) groups excluding carboxylic acids is 2. The summed E-state index contributed by atoms with van der Waals surface area (Å²) < 4.78 is 0. The zero-order valence-electron chi connectivity index (χ0n) is 15.1. The van der Waals surface area contributed by atoms with Crippen molar-refractivity contribution in [3.05, 3.63) is 70.7 Å². The van der Waals surface area contributed by atoms with Gasteiger partial charge in [-0.15, -0.1) is 0 Å². The molecule has 2 amide bonds. The zero-order chi connectivity index (χ0) is 19.2. The van der Waals surface area contributed by atoms with Gasteiger partial charge < -0.3 is 16.0 Å². The van der Waals surface area contributed by atoms with E-state index in [1.807, 2.05) is 23.1 Å². The summed E-state index contributed by atoms with van der Waals surface area (Å²) in [5.41, 5.74) is 7.98. The van der Waals surface area contributed by atoms with Gasteiger partial charge in [-0.05, 0) is 36.2 Å². The van der Waals surface area contributed by atoms with Crippen molar-refractivity contribution < 1.29 is 9.59 Å². The number of hydrogen-bond donors (Lipinski definition) is 2. The number of hydrogen-bond acceptors (Lipinski definition) is 3. The van der Waals surface area contributed by atoms with Crippen LogP contribution < -0.4 is 11.1 Å². The molecule has 27 heavy (non-hydrogen) atoms. The summed E-state index contributed by atoms with van der Waals surface area (Å²) in [6.45, 7) is 1.69. The molecule has 2 aromatic rings. The molecule has 2 atom stereocenters. The van der Waals surface area contributed by atoms with E-state index in [0.29, 0.717) is 43.1 Å². The van der Waals surface area contributed by atoms with Crippen LogP contribution in [-0.4, -0.2) is 42.4 Å². The molecule has 0 spiro atoms. The quantitative estimate of drug-likeness (QED) is 0.751. The smallest absolute Gasteiger partial charge is 0.251 e. The van der Waals surface area contributed by atoms with Crippen LogP contribution in [0.3, 0.4) is 0 Å². The van der Waals surface area contributed by atoms with Gasteiger partial charge in [-0.1, -0.05) is 41.9 Å². The summed E-state index contributed by atoms with van der Waals surface area (Å²) in [5, 5.41) is 3.42. The van der Waals surface area contributed by atoms with E-state index in [9.17, 15) is 9.59 Å². The number of nitrogens with zero attached hydrogens (tertiary/aromatic N) is 1. The summed E-state index contributed by atoms with van der Waals surface area (Å²) in [6.07, 6.45) is 0.995. The largest absolute Gasteiger partial charge is 0.352 e. The number of halogens is 1. The van der Waals surface area contributed by atoms with E-state index in [0.717, 1.165) is 0 Å². The highest BCUT2D eigenvalue weighted by Crippen LogP contribution is 2.26. The minimum absolute atomic E-state index is 0.0408. The van der Waals surface area contributed by atoms with Gasteiger partial charge in [0, 0.05) is 48.6 Å². The first-order chi connectivity index (χ1) is 13.0. The topological polar surface area (TPSA) is 75.4 Å². The predicted molar refractivity (Wildman–Crippen MR) is 107 cm³/mol. The molecule has 0 aliphatic carbocycles. The third kappa shape index (κ3) is 5.08. The fraction of sp³-hybridized carbons (Fsp3) is 0.333. The van der Waals surface area contributed by atoms with E-state index in [-0.39, 0.29) is 23.8 Å². The molecule has 0 radical (unpaired) electrons. The van der Waals surface area contributed by atoms with Crippen molar-refractivity contribution in [2.75, 3.05) is 19.6 Å². The highest BCUT2D eigenvalue weighted by Gasteiger charge is 2.33. The van der Waals surface area contributed by atoms with Crippen molar-refractivity contribution in [2.45, 2.75) is 24.8 Å². The van der Waals surface area contributed by atoms with Gasteiger partial charge in [0.05, 0.1) is 0 Å². The molecule has 5 nitrogen and oxygen atoms in total. The fourth-order valence-corrected chi connectivity index (χ4v) is 3.51. The Balaban J connectivity index is 1.42. The Kier molecular flexibility index (Phi) is 6.48. The minimum atomic E-state index is -0.161. The third-order valence-corrected chi connectivity index (χ3v) is 5.16. The second kappa shape index (κ2) is 9.02. The Morgan fingerprint density at radius 3 is 2.48 bits per heavy atom. The summed E-state index contributed by atoms with van der Waals surface area (Å²) >= 11 is 5.82. The molecule has 2 aromatic carbocycles. The molecule has 0 saturated carbocycles. The first-order valence-electron chi connectivity index (χ1n) is 9.16. The van der Waals surface area contributed by atoms with E-state index in [2.05, 4.69) is 17.4 Å². The van der Waals surface area contributed by atoms with Crippen molar-refractivity contribution in [3.8, 4) is 0 Å². The molecule has 1 aliphatic rings. The van der Waals surface area contributed by atoms with Gasteiger partial charge >= 0.3 is 0 Å². The molecule has 6 heteroatoms. The van der Waals surface area contributed by atoms with Crippen molar-refractivity contribution in [1.29, 1.82) is 0 Å². The maximum atomic E-state index is 12.5. The maximum absolute atomic E-state index is 12.5. The van der Waals surface area contributed by atoms with Crippen LogP contribution >= 0.6 is 11.6 Å². The van der Waals surface area contributed by atoms with Crippen LogP contribution in [0.2, 0.25) is 5.02 Å². The highest BCUT2D eigenvalue weighted by atomic mass is 35.5. The molecular weight excluding hydrogens is 362 g/mol. The molecule has 1 heterocycles. The Bertz CT molecular complexity index is 780. The third-order valence-electron chi connectivity index (χ3n) is 4.90. The van der Waals surface area contributed by atoms with E-state index in [1.165, 1.54) is 5.56 Å². The van der Waals surface area contributed by atoms with Gasteiger partial charge in [-0.2, -0.15) is 0 Å². The molecule has 0 aromatic heterocycles. The predicted octanol–water partition coefficient (Wildman–Crippen LogP) is 2.80. The maximum Gasteiger partial charge on any atom is 0.251 e. The number of carbonyl (C=O) groups is 2. The molecular formula is C21H24ClN3O2. The molecule has 1 aliphatic heterocycles. The normalized spacial score (nSPS) is 19.1. The van der Waals surface area contributed by atoms with Crippen LogP contribution in [0.25, 0.3) is 0 Å². The van der Waals surface area contributed by atoms with E-state index in [4.69, 9.17) is 17.3 Å². The monoisotopic (exact) mass is 385 g/mol. The van der Waals surface area contributed by atoms with Crippen LogP contribution in [0.5, 0.6) is 0 Å². The number of benzene rings is 2. The zero-order valence-corrected chi connectivity index (χ0v) is 15.9. The first-order valence-corrected chi connectivity index (χ1v) is 9.54. The summed E-state index contributed by atoms with van der Waals surface area (Å²) in [6, 6.07) is 16.8. The Morgan fingerprint density at radius 1 is 1.07 bits per heavy atom. The molecule has 142 valence electrons. The number of nitrogens with two attached hydrogens (primary N) is 1. The van der Waals surface area contributed by atoms with Crippen molar-refractivity contribution in [1.82, 2.24) is 10.2 Å². The average molecular weight is 386 g/mol. The fourth-order valence-electron chi connectivity index (χ4n) is 3.39.